The van der Waals surface area contributed by atoms with Crippen molar-refractivity contribution in [2.24, 2.45) is 10.8 Å². The lowest BCUT2D eigenvalue weighted by Crippen LogP contribution is -2.47. The summed E-state index contributed by atoms with van der Waals surface area (Å²) in [6, 6.07) is 2.00. The fraction of sp³-hybridized carbons (Fsp3) is 0.759. The van der Waals surface area contributed by atoms with E-state index >= 15 is 0 Å². The molecule has 3 saturated carbocycles. The van der Waals surface area contributed by atoms with Crippen molar-refractivity contribution in [1.82, 2.24) is 4.31 Å². The molecule has 0 amide bonds. The van der Waals surface area contributed by atoms with Crippen LogP contribution in [0.5, 0.6) is 5.75 Å². The first kappa shape index (κ1) is 31.7. The molecule has 0 bridgehead atoms. The number of sulfonamides is 1. The highest BCUT2D eigenvalue weighted by atomic mass is 32.2. The van der Waals surface area contributed by atoms with Crippen LogP contribution in [0.15, 0.2) is 21.9 Å². The summed E-state index contributed by atoms with van der Waals surface area (Å²) in [5.74, 6) is -3.60. The van der Waals surface area contributed by atoms with Gasteiger partial charge in [-0.15, -0.1) is 11.8 Å². The van der Waals surface area contributed by atoms with E-state index in [9.17, 15) is 35.9 Å². The highest BCUT2D eigenvalue weighted by molar-refractivity contribution is 8.00. The van der Waals surface area contributed by atoms with Crippen molar-refractivity contribution >= 4 is 33.4 Å². The average Bonchev–Trinajstić information content (AvgIpc) is 3.69. The molecule has 1 aromatic rings. The third-order valence-electron chi connectivity index (χ3n) is 9.50. The minimum Gasteiger partial charge on any atom is -0.491 e. The summed E-state index contributed by atoms with van der Waals surface area (Å²) in [6.45, 7) is 2.95. The van der Waals surface area contributed by atoms with Crippen molar-refractivity contribution < 1.29 is 40.6 Å². The molecule has 3 aliphatic carbocycles. The predicted octanol–water partition coefficient (Wildman–Crippen LogP) is 6.64. The number of ether oxygens (including phenoxy) is 1. The van der Waals surface area contributed by atoms with Gasteiger partial charge in [0.15, 0.2) is 0 Å². The van der Waals surface area contributed by atoms with E-state index in [0.29, 0.717) is 21.2 Å². The van der Waals surface area contributed by atoms with Crippen LogP contribution in [0.25, 0.3) is 0 Å². The largest absolute Gasteiger partial charge is 0.491 e. The molecular formula is C29H40F4N2O5S2. The molecule has 0 unspecified atom stereocenters. The normalized spacial score (nSPS) is 26.9. The number of aliphatic carboxylic acids is 1. The number of thioether (sulfide) groups is 1. The molecule has 5 rings (SSSR count). The van der Waals surface area contributed by atoms with Gasteiger partial charge in [0.25, 0.3) is 0 Å². The molecule has 42 heavy (non-hydrogen) atoms. The lowest BCUT2D eigenvalue weighted by molar-refractivity contribution is -0.148. The Morgan fingerprint density at radius 3 is 2.38 bits per heavy atom. The minimum atomic E-state index is -4.19. The molecule has 1 aliphatic heterocycles. The van der Waals surface area contributed by atoms with Gasteiger partial charge < -0.3 is 14.7 Å². The second kappa shape index (κ2) is 11.3. The number of carboxylic acids is 1. The number of carbonyl (C=O) groups is 1. The van der Waals surface area contributed by atoms with E-state index in [1.807, 2.05) is 4.90 Å². The molecular weight excluding hydrogens is 596 g/mol. The highest BCUT2D eigenvalue weighted by Gasteiger charge is 2.53. The fourth-order valence-corrected chi connectivity index (χ4v) is 9.52. The summed E-state index contributed by atoms with van der Waals surface area (Å²) >= 11 is 1.58. The molecule has 0 radical (unpaired) electrons. The molecule has 4 aliphatic rings. The SMILES string of the molecule is CN1[C@@H](CCC(F)F)CN(C2CCC(F)(F)CC2)c2cc(SC3CC4(CC4)C3)c(OCC(C)(C)C(=O)O)cc2S1(=O)=O. The number of hydrogen-bond donors (Lipinski definition) is 1. The van der Waals surface area contributed by atoms with Crippen LogP contribution in [0.1, 0.15) is 78.1 Å². The highest BCUT2D eigenvalue weighted by Crippen LogP contribution is 2.65. The Hall–Kier alpha value is -1.73. The van der Waals surface area contributed by atoms with Crippen molar-refractivity contribution in [1.29, 1.82) is 0 Å². The summed E-state index contributed by atoms with van der Waals surface area (Å²) in [5.41, 5.74) is -0.457. The van der Waals surface area contributed by atoms with Gasteiger partial charge in [0.1, 0.15) is 17.3 Å². The molecule has 1 spiro atoms. The van der Waals surface area contributed by atoms with Gasteiger partial charge >= 0.3 is 5.97 Å². The standard InChI is InChI=1S/C29H40F4N2O5S2/c1-27(2,26(36)37)17-40-22-13-24-21(12-23(22)41-20-14-28(15-20)10-11-28)35(18-6-8-29(32,33)9-7-18)16-19(4-5-25(30)31)34(3)42(24,38)39/h12-13,18-20,25H,4-11,14-17H2,1-3H3,(H,36,37)/t19-/m0/s1. The Labute approximate surface area is 249 Å². The third kappa shape index (κ3) is 6.52. The molecule has 1 heterocycles. The Bertz CT molecular complexity index is 1290. The fourth-order valence-electron chi connectivity index (χ4n) is 6.31. The van der Waals surface area contributed by atoms with Gasteiger partial charge in [0.05, 0.1) is 16.0 Å². The van der Waals surface area contributed by atoms with Gasteiger partial charge in [-0.2, -0.15) is 4.31 Å². The molecule has 13 heteroatoms. The van der Waals surface area contributed by atoms with Crippen molar-refractivity contribution in [2.45, 2.75) is 118 Å². The van der Waals surface area contributed by atoms with Crippen molar-refractivity contribution in [2.75, 3.05) is 25.1 Å². The molecule has 1 aromatic carbocycles. The van der Waals surface area contributed by atoms with Crippen LogP contribution in [0.2, 0.25) is 0 Å². The monoisotopic (exact) mass is 636 g/mol. The number of nitrogens with zero attached hydrogens (tertiary/aromatic N) is 2. The first-order valence-corrected chi connectivity index (χ1v) is 17.0. The maximum absolute atomic E-state index is 14.1. The molecule has 0 saturated heterocycles. The lowest BCUT2D eigenvalue weighted by Gasteiger charge is -2.40. The van der Waals surface area contributed by atoms with Crippen LogP contribution < -0.4 is 9.64 Å². The van der Waals surface area contributed by atoms with Gasteiger partial charge in [0.2, 0.25) is 22.4 Å². The summed E-state index contributed by atoms with van der Waals surface area (Å²) in [7, 11) is -2.82. The van der Waals surface area contributed by atoms with Crippen molar-refractivity contribution in [3.63, 3.8) is 0 Å². The second-order valence-electron chi connectivity index (χ2n) is 13.3. The Kier molecular flexibility index (Phi) is 8.54. The van der Waals surface area contributed by atoms with E-state index in [0.717, 1.165) is 17.1 Å². The molecule has 1 atom stereocenters. The third-order valence-corrected chi connectivity index (χ3v) is 12.7. The smallest absolute Gasteiger partial charge is 0.312 e. The number of benzene rings is 1. The molecule has 1 N–H and O–H groups in total. The number of anilines is 1. The molecule has 0 aromatic heterocycles. The zero-order valence-electron chi connectivity index (χ0n) is 24.3. The topological polar surface area (TPSA) is 87.2 Å². The summed E-state index contributed by atoms with van der Waals surface area (Å²) < 4.78 is 89.9. The first-order chi connectivity index (χ1) is 19.5. The lowest BCUT2D eigenvalue weighted by atomic mass is 9.81. The van der Waals surface area contributed by atoms with Crippen molar-refractivity contribution in [3.8, 4) is 5.75 Å². The summed E-state index contributed by atoms with van der Waals surface area (Å²) in [6.07, 6.45) is 0.947. The maximum Gasteiger partial charge on any atom is 0.312 e. The van der Waals surface area contributed by atoms with E-state index < -0.39 is 46.2 Å². The van der Waals surface area contributed by atoms with Crippen LogP contribution in [-0.4, -0.2) is 73.7 Å². The predicted molar refractivity (Wildman–Crippen MR) is 152 cm³/mol. The first-order valence-electron chi connectivity index (χ1n) is 14.6. The number of fused-ring (bicyclic) bond motifs is 1. The van der Waals surface area contributed by atoms with Gasteiger partial charge in [-0.1, -0.05) is 0 Å². The maximum atomic E-state index is 14.1. The molecule has 3 fully saturated rings. The Morgan fingerprint density at radius 2 is 1.81 bits per heavy atom. The van der Waals surface area contributed by atoms with E-state index in [4.69, 9.17) is 4.74 Å². The zero-order chi connectivity index (χ0) is 30.7. The van der Waals surface area contributed by atoms with E-state index in [1.54, 1.807) is 17.8 Å². The quantitative estimate of drug-likeness (QED) is 0.288. The zero-order valence-corrected chi connectivity index (χ0v) is 25.9. The second-order valence-corrected chi connectivity index (χ2v) is 16.6. The molecule has 236 valence electrons. The minimum absolute atomic E-state index is 0.0807. The van der Waals surface area contributed by atoms with Gasteiger partial charge in [-0.25, -0.2) is 26.0 Å². The number of likely N-dealkylation sites (N-methyl/N-ethyl adjacent to an activating group) is 1. The van der Waals surface area contributed by atoms with Crippen molar-refractivity contribution in [3.05, 3.63) is 12.1 Å². The van der Waals surface area contributed by atoms with E-state index in [1.165, 1.54) is 39.8 Å². The number of rotatable bonds is 10. The van der Waals surface area contributed by atoms with E-state index in [-0.39, 0.29) is 61.9 Å². The van der Waals surface area contributed by atoms with Crippen LogP contribution >= 0.6 is 11.8 Å². The average molecular weight is 637 g/mol. The Balaban J connectivity index is 1.57. The van der Waals surface area contributed by atoms with Gasteiger partial charge in [-0.3, -0.25) is 4.79 Å². The van der Waals surface area contributed by atoms with Crippen LogP contribution in [0.3, 0.4) is 0 Å². The molecule has 7 nitrogen and oxygen atoms in total. The van der Waals surface area contributed by atoms with E-state index in [2.05, 4.69) is 0 Å². The van der Waals surface area contributed by atoms with Crippen LogP contribution in [-0.2, 0) is 14.8 Å². The number of alkyl halides is 4. The Morgan fingerprint density at radius 1 is 1.17 bits per heavy atom. The number of halogens is 4. The summed E-state index contributed by atoms with van der Waals surface area (Å²) in [5, 5.41) is 9.92. The van der Waals surface area contributed by atoms with Gasteiger partial charge in [0, 0.05) is 56.3 Å². The summed E-state index contributed by atoms with van der Waals surface area (Å²) in [4.78, 5) is 14.2. The van der Waals surface area contributed by atoms with Gasteiger partial charge in [-0.05, 0) is 70.3 Å². The number of carboxylic acid groups (broad SMARTS) is 1. The van der Waals surface area contributed by atoms with Crippen LogP contribution in [0.4, 0.5) is 23.2 Å². The number of hydrogen-bond acceptors (Lipinski definition) is 6. The van der Waals surface area contributed by atoms with Crippen LogP contribution in [0, 0.1) is 10.8 Å².